The molecule has 1 heterocycles. The van der Waals surface area contributed by atoms with Gasteiger partial charge in [0.15, 0.2) is 5.82 Å². The van der Waals surface area contributed by atoms with Gasteiger partial charge < -0.3 is 25.4 Å². The van der Waals surface area contributed by atoms with Crippen LogP contribution in [0.5, 0.6) is 17.2 Å². The number of benzene rings is 3. The Bertz CT molecular complexity index is 1280. The van der Waals surface area contributed by atoms with Crippen LogP contribution in [0.1, 0.15) is 5.56 Å². The average Bonchev–Trinajstić information content (AvgIpc) is 3.27. The first kappa shape index (κ1) is 24.0. The van der Waals surface area contributed by atoms with Crippen molar-refractivity contribution in [2.24, 2.45) is 0 Å². The van der Waals surface area contributed by atoms with Crippen molar-refractivity contribution in [1.82, 2.24) is 14.9 Å². The molecule has 35 heavy (non-hydrogen) atoms. The zero-order chi connectivity index (χ0) is 24.6. The second-order valence-corrected chi connectivity index (χ2v) is 8.32. The summed E-state index contributed by atoms with van der Waals surface area (Å²) in [5, 5.41) is 11.5. The Morgan fingerprint density at radius 2 is 1.71 bits per heavy atom. The highest BCUT2D eigenvalue weighted by Crippen LogP contribution is 2.33. The number of hydrogen-bond donors (Lipinski definition) is 2. The van der Waals surface area contributed by atoms with Crippen molar-refractivity contribution in [3.05, 3.63) is 78.4 Å². The van der Waals surface area contributed by atoms with E-state index in [0.717, 1.165) is 11.3 Å². The lowest BCUT2D eigenvalue weighted by molar-refractivity contribution is -0.113. The maximum Gasteiger partial charge on any atom is 0.234 e. The van der Waals surface area contributed by atoms with E-state index >= 15 is 0 Å². The van der Waals surface area contributed by atoms with Gasteiger partial charge in [0, 0.05) is 11.8 Å². The Balaban J connectivity index is 1.32. The van der Waals surface area contributed by atoms with Crippen LogP contribution in [0.15, 0.2) is 78.0 Å². The van der Waals surface area contributed by atoms with E-state index in [1.807, 2.05) is 42.5 Å². The second-order valence-electron chi connectivity index (χ2n) is 7.38. The van der Waals surface area contributed by atoms with E-state index in [-0.39, 0.29) is 11.7 Å². The summed E-state index contributed by atoms with van der Waals surface area (Å²) in [5.74, 6) is 8.45. The van der Waals surface area contributed by atoms with E-state index in [0.29, 0.717) is 40.3 Å². The van der Waals surface area contributed by atoms with Crippen molar-refractivity contribution >= 4 is 23.4 Å². The van der Waals surface area contributed by atoms with Gasteiger partial charge in [0.05, 0.1) is 25.5 Å². The van der Waals surface area contributed by atoms with Crippen molar-refractivity contribution in [2.75, 3.05) is 31.1 Å². The minimum Gasteiger partial charge on any atom is -0.497 e. The van der Waals surface area contributed by atoms with Crippen LogP contribution >= 0.6 is 11.8 Å². The third kappa shape index (κ3) is 6.04. The molecule has 0 aliphatic heterocycles. The number of ether oxygens (including phenoxy) is 3. The fraction of sp³-hybridized carbons (Fsp3) is 0.160. The van der Waals surface area contributed by atoms with Crippen molar-refractivity contribution in [3.63, 3.8) is 0 Å². The minimum absolute atomic E-state index is 0.112. The van der Waals surface area contributed by atoms with Crippen molar-refractivity contribution in [2.45, 2.75) is 11.8 Å². The number of amides is 1. The number of aromatic nitrogens is 3. The largest absolute Gasteiger partial charge is 0.497 e. The van der Waals surface area contributed by atoms with Gasteiger partial charge in [-0.25, -0.2) is 4.68 Å². The van der Waals surface area contributed by atoms with Crippen molar-refractivity contribution in [1.29, 1.82) is 0 Å². The Morgan fingerprint density at radius 1 is 0.971 bits per heavy atom. The van der Waals surface area contributed by atoms with Gasteiger partial charge in [0.25, 0.3) is 0 Å². The molecule has 180 valence electrons. The number of anilines is 1. The van der Waals surface area contributed by atoms with Crippen LogP contribution in [0, 0.1) is 0 Å². The molecule has 0 radical (unpaired) electrons. The van der Waals surface area contributed by atoms with Crippen LogP contribution in [0.3, 0.4) is 0 Å². The van der Waals surface area contributed by atoms with E-state index in [1.54, 1.807) is 44.6 Å². The van der Waals surface area contributed by atoms with E-state index in [9.17, 15) is 4.79 Å². The number of nitrogen functional groups attached to an aromatic ring is 1. The molecular formula is C25H25N5O4S. The molecule has 3 aromatic carbocycles. The molecule has 9 nitrogen and oxygen atoms in total. The Kier molecular flexibility index (Phi) is 7.74. The number of nitrogens with two attached hydrogens (primary N) is 1. The van der Waals surface area contributed by atoms with Crippen LogP contribution in [0.2, 0.25) is 0 Å². The number of rotatable bonds is 10. The predicted molar refractivity (Wildman–Crippen MR) is 135 cm³/mol. The molecule has 0 saturated heterocycles. The topological polar surface area (TPSA) is 114 Å². The first-order chi connectivity index (χ1) is 17.1. The molecule has 1 aromatic heterocycles. The molecule has 10 heteroatoms. The average molecular weight is 492 g/mol. The van der Waals surface area contributed by atoms with Gasteiger partial charge in [-0.1, -0.05) is 42.1 Å². The first-order valence-corrected chi connectivity index (χ1v) is 11.7. The number of thioether (sulfide) groups is 1. The fourth-order valence-electron chi connectivity index (χ4n) is 3.24. The second kappa shape index (κ2) is 11.3. The highest BCUT2D eigenvalue weighted by molar-refractivity contribution is 7.99. The quantitative estimate of drug-likeness (QED) is 0.253. The third-order valence-corrected chi connectivity index (χ3v) is 5.98. The molecule has 4 aromatic rings. The monoisotopic (exact) mass is 491 g/mol. The lowest BCUT2D eigenvalue weighted by atomic mass is 10.2. The highest BCUT2D eigenvalue weighted by atomic mass is 32.2. The normalized spacial score (nSPS) is 10.6. The summed E-state index contributed by atoms with van der Waals surface area (Å²) in [6, 6.07) is 22.5. The molecule has 0 aliphatic carbocycles. The Labute approximate surface area is 207 Å². The van der Waals surface area contributed by atoms with Crippen LogP contribution in [-0.4, -0.2) is 40.8 Å². The minimum atomic E-state index is -0.195. The summed E-state index contributed by atoms with van der Waals surface area (Å²) in [5.41, 5.74) is 2.41. The first-order valence-electron chi connectivity index (χ1n) is 10.7. The zero-order valence-corrected chi connectivity index (χ0v) is 20.1. The fourth-order valence-corrected chi connectivity index (χ4v) is 3.90. The van der Waals surface area contributed by atoms with E-state index < -0.39 is 0 Å². The molecule has 1 amide bonds. The summed E-state index contributed by atoms with van der Waals surface area (Å²) in [6.45, 7) is 0.480. The Morgan fingerprint density at radius 3 is 2.43 bits per heavy atom. The lowest BCUT2D eigenvalue weighted by Crippen LogP contribution is -2.16. The molecular weight excluding hydrogens is 466 g/mol. The summed E-state index contributed by atoms with van der Waals surface area (Å²) in [7, 11) is 3.13. The maximum absolute atomic E-state index is 12.4. The Hall–Kier alpha value is -4.18. The van der Waals surface area contributed by atoms with Crippen LogP contribution < -0.4 is 25.4 Å². The molecule has 0 fully saturated rings. The van der Waals surface area contributed by atoms with Gasteiger partial charge in [0.2, 0.25) is 11.1 Å². The van der Waals surface area contributed by atoms with Gasteiger partial charge in [-0.05, 0) is 42.0 Å². The molecule has 0 atom stereocenters. The van der Waals surface area contributed by atoms with E-state index in [1.165, 1.54) is 16.4 Å². The van der Waals surface area contributed by atoms with Crippen LogP contribution in [0.25, 0.3) is 11.4 Å². The third-order valence-electron chi connectivity index (χ3n) is 5.03. The van der Waals surface area contributed by atoms with Crippen LogP contribution in [-0.2, 0) is 11.4 Å². The van der Waals surface area contributed by atoms with Gasteiger partial charge in [-0.15, -0.1) is 10.2 Å². The maximum atomic E-state index is 12.4. The molecule has 0 saturated carbocycles. The van der Waals surface area contributed by atoms with Crippen molar-refractivity contribution < 1.29 is 19.0 Å². The van der Waals surface area contributed by atoms with E-state index in [2.05, 4.69) is 15.5 Å². The van der Waals surface area contributed by atoms with Crippen LogP contribution in [0.4, 0.5) is 5.69 Å². The van der Waals surface area contributed by atoms with Crippen molar-refractivity contribution in [3.8, 4) is 28.6 Å². The molecule has 0 spiro atoms. The summed E-state index contributed by atoms with van der Waals surface area (Å²) < 4.78 is 17.8. The van der Waals surface area contributed by atoms with Gasteiger partial charge in [-0.3, -0.25) is 4.79 Å². The summed E-state index contributed by atoms with van der Waals surface area (Å²) >= 11 is 1.18. The predicted octanol–water partition coefficient (Wildman–Crippen LogP) is 3.99. The molecule has 4 rings (SSSR count). The molecule has 0 aliphatic rings. The molecule has 0 unspecified atom stereocenters. The van der Waals surface area contributed by atoms with Gasteiger partial charge in [0.1, 0.15) is 23.9 Å². The molecule has 3 N–H and O–H groups in total. The SMILES string of the molecule is COc1ccc(-c2nnc(SCC(=O)Nc3ccc(OCc4ccccc4)cc3)n2N)c(OC)c1. The number of nitrogens with one attached hydrogen (secondary N) is 1. The molecule has 0 bridgehead atoms. The number of methoxy groups -OCH3 is 2. The van der Waals surface area contributed by atoms with E-state index in [4.69, 9.17) is 20.1 Å². The summed E-state index contributed by atoms with van der Waals surface area (Å²) in [6.07, 6.45) is 0. The summed E-state index contributed by atoms with van der Waals surface area (Å²) in [4.78, 5) is 12.4. The zero-order valence-electron chi connectivity index (χ0n) is 19.3. The number of hydrogen-bond acceptors (Lipinski definition) is 8. The number of carbonyl (C=O) groups is 1. The number of carbonyl (C=O) groups excluding carboxylic acids is 1. The lowest BCUT2D eigenvalue weighted by Gasteiger charge is -2.10. The highest BCUT2D eigenvalue weighted by Gasteiger charge is 2.17. The standard InChI is InChI=1S/C25H25N5O4S/c1-32-20-12-13-21(22(14-20)33-2)24-28-29-25(30(24)26)35-16-23(31)27-18-8-10-19(11-9-18)34-15-17-6-4-3-5-7-17/h3-14H,15-16,26H2,1-2H3,(H,27,31). The van der Waals surface area contributed by atoms with Gasteiger partial charge >= 0.3 is 0 Å². The van der Waals surface area contributed by atoms with Gasteiger partial charge in [-0.2, -0.15) is 0 Å². The smallest absolute Gasteiger partial charge is 0.234 e. The number of nitrogens with zero attached hydrogens (tertiary/aromatic N) is 3.